The number of nitrogens with zero attached hydrogens (tertiary/aromatic N) is 2. The van der Waals surface area contributed by atoms with Gasteiger partial charge in [-0.1, -0.05) is 18.2 Å². The third-order valence-electron chi connectivity index (χ3n) is 8.05. The van der Waals surface area contributed by atoms with Gasteiger partial charge in [0.2, 0.25) is 11.8 Å². The maximum atomic E-state index is 13.7. The zero-order valence-electron chi connectivity index (χ0n) is 16.5. The van der Waals surface area contributed by atoms with Gasteiger partial charge < -0.3 is 15.0 Å². The topological polar surface area (TPSA) is 79.0 Å². The second kappa shape index (κ2) is 5.81. The lowest BCUT2D eigenvalue weighted by Crippen LogP contribution is -2.55. The number of benzene rings is 1. The van der Waals surface area contributed by atoms with Crippen LogP contribution >= 0.6 is 0 Å². The van der Waals surface area contributed by atoms with Gasteiger partial charge in [0.15, 0.2) is 0 Å². The molecule has 1 unspecified atom stereocenters. The Balaban J connectivity index is 1.33. The van der Waals surface area contributed by atoms with Crippen molar-refractivity contribution < 1.29 is 19.1 Å². The van der Waals surface area contributed by atoms with Crippen LogP contribution in [0.1, 0.15) is 24.8 Å². The van der Waals surface area contributed by atoms with Crippen LogP contribution in [0, 0.1) is 23.7 Å². The molecule has 5 aliphatic rings. The summed E-state index contributed by atoms with van der Waals surface area (Å²) in [6.45, 7) is 2.05. The van der Waals surface area contributed by atoms with Crippen LogP contribution in [0.5, 0.6) is 0 Å². The smallest absolute Gasteiger partial charge is 0.309 e. The number of esters is 1. The first-order valence-corrected chi connectivity index (χ1v) is 10.6. The average molecular weight is 395 g/mol. The number of piperidine rings is 1. The number of nitrogens with one attached hydrogen (secondary N) is 1. The number of hydrogen-bond donors (Lipinski definition) is 1. The molecule has 4 aliphatic heterocycles. The van der Waals surface area contributed by atoms with E-state index in [4.69, 9.17) is 4.74 Å². The number of ether oxygens (including phenoxy) is 1. The van der Waals surface area contributed by atoms with Gasteiger partial charge in [0.1, 0.15) is 5.54 Å². The summed E-state index contributed by atoms with van der Waals surface area (Å²) in [6.07, 6.45) is 2.83. The third kappa shape index (κ3) is 2.09. The Kier molecular flexibility index (Phi) is 3.50. The van der Waals surface area contributed by atoms with Gasteiger partial charge in [0.25, 0.3) is 0 Å². The molecule has 6 atom stereocenters. The Labute approximate surface area is 169 Å². The van der Waals surface area contributed by atoms with E-state index in [9.17, 15) is 14.4 Å². The first-order valence-electron chi connectivity index (χ1n) is 10.6. The van der Waals surface area contributed by atoms with E-state index in [-0.39, 0.29) is 47.5 Å². The van der Waals surface area contributed by atoms with Crippen LogP contribution in [0.2, 0.25) is 0 Å². The van der Waals surface area contributed by atoms with E-state index < -0.39 is 5.54 Å². The fraction of sp³-hybridized carbons (Fsp3) is 0.591. The number of carbonyl (C=O) groups excluding carboxylic acids is 3. The van der Waals surface area contributed by atoms with Gasteiger partial charge in [0, 0.05) is 30.4 Å². The normalized spacial score (nSPS) is 39.3. The number of amides is 2. The molecule has 29 heavy (non-hydrogen) atoms. The van der Waals surface area contributed by atoms with Crippen molar-refractivity contribution in [2.75, 3.05) is 32.1 Å². The van der Waals surface area contributed by atoms with E-state index in [1.54, 1.807) is 0 Å². The average Bonchev–Trinajstić information content (AvgIpc) is 3.19. The Morgan fingerprint density at radius 2 is 1.97 bits per heavy atom. The Morgan fingerprint density at radius 1 is 1.21 bits per heavy atom. The molecule has 2 amide bonds. The summed E-state index contributed by atoms with van der Waals surface area (Å²) < 4.78 is 4.88. The van der Waals surface area contributed by atoms with Gasteiger partial charge in [-0.15, -0.1) is 0 Å². The lowest BCUT2D eigenvalue weighted by Gasteiger charge is -2.38. The predicted octanol–water partition coefficient (Wildman–Crippen LogP) is 1.20. The van der Waals surface area contributed by atoms with Crippen LogP contribution in [0.15, 0.2) is 24.3 Å². The zero-order valence-corrected chi connectivity index (χ0v) is 16.5. The van der Waals surface area contributed by atoms with E-state index in [0.29, 0.717) is 13.1 Å². The second-order valence-corrected chi connectivity index (χ2v) is 9.16. The first kappa shape index (κ1) is 17.4. The molecule has 7 heteroatoms. The summed E-state index contributed by atoms with van der Waals surface area (Å²) in [5.74, 6) is -0.137. The summed E-state index contributed by atoms with van der Waals surface area (Å²) >= 11 is 0. The molecule has 0 radical (unpaired) electrons. The lowest BCUT2D eigenvalue weighted by molar-refractivity contribution is -0.146. The summed E-state index contributed by atoms with van der Waals surface area (Å²) in [5, 5.41) is 3.05. The van der Waals surface area contributed by atoms with Crippen molar-refractivity contribution in [3.05, 3.63) is 29.8 Å². The van der Waals surface area contributed by atoms with Crippen molar-refractivity contribution >= 4 is 23.5 Å². The molecule has 1 saturated carbocycles. The van der Waals surface area contributed by atoms with Crippen molar-refractivity contribution in [3.63, 3.8) is 0 Å². The highest BCUT2D eigenvalue weighted by molar-refractivity contribution is 6.09. The molecule has 4 heterocycles. The molecule has 1 spiro atoms. The minimum Gasteiger partial charge on any atom is -0.469 e. The highest BCUT2D eigenvalue weighted by atomic mass is 16.5. The number of anilines is 1. The van der Waals surface area contributed by atoms with E-state index >= 15 is 0 Å². The van der Waals surface area contributed by atoms with Crippen LogP contribution in [-0.2, 0) is 24.7 Å². The lowest BCUT2D eigenvalue weighted by atomic mass is 9.78. The maximum absolute atomic E-state index is 13.7. The van der Waals surface area contributed by atoms with Crippen LogP contribution in [0.4, 0.5) is 5.69 Å². The third-order valence-corrected chi connectivity index (χ3v) is 8.05. The second-order valence-electron chi connectivity index (χ2n) is 9.16. The molecular formula is C22H25N3O4. The van der Waals surface area contributed by atoms with Crippen molar-refractivity contribution in [3.8, 4) is 0 Å². The zero-order chi connectivity index (χ0) is 19.9. The molecule has 152 valence electrons. The highest BCUT2D eigenvalue weighted by Crippen LogP contribution is 2.57. The van der Waals surface area contributed by atoms with Crippen molar-refractivity contribution in [2.45, 2.75) is 30.8 Å². The van der Waals surface area contributed by atoms with Crippen LogP contribution in [0.3, 0.4) is 0 Å². The van der Waals surface area contributed by atoms with Crippen molar-refractivity contribution in [1.82, 2.24) is 9.80 Å². The minimum atomic E-state index is -0.886. The van der Waals surface area contributed by atoms with Crippen molar-refractivity contribution in [2.24, 2.45) is 23.7 Å². The van der Waals surface area contributed by atoms with Crippen LogP contribution in [-0.4, -0.2) is 60.4 Å². The number of methoxy groups -OCH3 is 1. The Morgan fingerprint density at radius 3 is 2.72 bits per heavy atom. The van der Waals surface area contributed by atoms with E-state index in [0.717, 1.165) is 37.1 Å². The summed E-state index contributed by atoms with van der Waals surface area (Å²) in [7, 11) is 1.42. The fourth-order valence-corrected chi connectivity index (χ4v) is 6.78. The molecule has 7 nitrogen and oxygen atoms in total. The Hall–Kier alpha value is -2.41. The molecule has 1 N–H and O–H groups in total. The molecule has 4 fully saturated rings. The number of carbonyl (C=O) groups is 3. The molecule has 1 aromatic carbocycles. The standard InChI is InChI=1S/C22H25N3O4/c1-29-20(27)18-13-10-24(11-14(13)18)19(26)16-9-12-5-4-8-25(12)22(16)15-6-2-3-7-17(15)23-21(22)28/h2-3,6-7,12-14,16,18H,4-5,8-11H2,1H3,(H,23,28)/t12-,13-,14+,16-,18?,22+/m1/s1. The molecule has 3 saturated heterocycles. The number of likely N-dealkylation sites (tertiary alicyclic amines) is 1. The highest BCUT2D eigenvalue weighted by Gasteiger charge is 2.67. The summed E-state index contributed by atoms with van der Waals surface area (Å²) in [5.41, 5.74) is 0.894. The maximum Gasteiger partial charge on any atom is 0.309 e. The quantitative estimate of drug-likeness (QED) is 0.762. The number of para-hydroxylation sites is 1. The van der Waals surface area contributed by atoms with Gasteiger partial charge in [0.05, 0.1) is 18.9 Å². The predicted molar refractivity (Wildman–Crippen MR) is 104 cm³/mol. The summed E-state index contributed by atoms with van der Waals surface area (Å²) in [6, 6.07) is 8.09. The Bertz CT molecular complexity index is 920. The van der Waals surface area contributed by atoms with E-state index in [1.807, 2.05) is 29.2 Å². The van der Waals surface area contributed by atoms with Crippen LogP contribution in [0.25, 0.3) is 0 Å². The first-order chi connectivity index (χ1) is 14.1. The molecule has 6 rings (SSSR count). The number of hydrogen-bond acceptors (Lipinski definition) is 5. The molecular weight excluding hydrogens is 370 g/mol. The van der Waals surface area contributed by atoms with Gasteiger partial charge in [-0.3, -0.25) is 19.3 Å². The summed E-state index contributed by atoms with van der Waals surface area (Å²) in [4.78, 5) is 43.2. The van der Waals surface area contributed by atoms with Gasteiger partial charge in [-0.05, 0) is 43.7 Å². The monoisotopic (exact) mass is 395 g/mol. The van der Waals surface area contributed by atoms with E-state index in [1.165, 1.54) is 7.11 Å². The van der Waals surface area contributed by atoms with E-state index in [2.05, 4.69) is 10.2 Å². The van der Waals surface area contributed by atoms with Crippen molar-refractivity contribution in [1.29, 1.82) is 0 Å². The minimum absolute atomic E-state index is 0.0553. The van der Waals surface area contributed by atoms with Gasteiger partial charge in [-0.25, -0.2) is 0 Å². The molecule has 0 bridgehead atoms. The van der Waals surface area contributed by atoms with Gasteiger partial charge in [-0.2, -0.15) is 0 Å². The van der Waals surface area contributed by atoms with Gasteiger partial charge >= 0.3 is 5.97 Å². The van der Waals surface area contributed by atoms with Crippen LogP contribution < -0.4 is 5.32 Å². The fourth-order valence-electron chi connectivity index (χ4n) is 6.78. The number of rotatable bonds is 2. The SMILES string of the molecule is COC(=O)C1[C@H]2CN(C(=O)[C@H]3C[C@H]4CCCN4[C@]34C(=O)Nc3ccccc34)C[C@@H]12. The number of fused-ring (bicyclic) bond motifs is 5. The molecule has 1 aliphatic carbocycles. The largest absolute Gasteiger partial charge is 0.469 e. The molecule has 0 aromatic heterocycles. The molecule has 1 aromatic rings.